The normalized spacial score (nSPS) is 14.0. The van der Waals surface area contributed by atoms with Crippen LogP contribution < -0.4 is 15.0 Å². The van der Waals surface area contributed by atoms with Crippen molar-refractivity contribution in [1.82, 2.24) is 4.90 Å². The number of hydrogen-bond acceptors (Lipinski definition) is 6. The molecule has 0 spiro atoms. The summed E-state index contributed by atoms with van der Waals surface area (Å²) in [5, 5.41) is 14.8. The summed E-state index contributed by atoms with van der Waals surface area (Å²) in [7, 11) is 0. The molecule has 0 radical (unpaired) electrons. The van der Waals surface area contributed by atoms with Gasteiger partial charge in [-0.15, -0.1) is 0 Å². The number of amides is 2. The lowest BCUT2D eigenvalue weighted by molar-refractivity contribution is -0.384. The Morgan fingerprint density at radius 1 is 0.804 bits per heavy atom. The first-order valence-electron chi connectivity index (χ1n) is 14.6. The van der Waals surface area contributed by atoms with Gasteiger partial charge in [-0.2, -0.15) is 0 Å². The molecule has 1 aliphatic rings. The van der Waals surface area contributed by atoms with Crippen molar-refractivity contribution in [2.24, 2.45) is 0 Å². The third-order valence-corrected chi connectivity index (χ3v) is 8.00. The first-order valence-corrected chi connectivity index (χ1v) is 15.0. The van der Waals surface area contributed by atoms with Gasteiger partial charge in [-0.05, 0) is 47.0 Å². The highest BCUT2D eigenvalue weighted by molar-refractivity contribution is 6.33. The Labute approximate surface area is 270 Å². The Kier molecular flexibility index (Phi) is 8.94. The molecule has 0 unspecified atom stereocenters. The van der Waals surface area contributed by atoms with Crippen molar-refractivity contribution in [2.45, 2.75) is 19.3 Å². The molecule has 1 aliphatic heterocycles. The number of rotatable bonds is 10. The van der Waals surface area contributed by atoms with Crippen LogP contribution in [0.15, 0.2) is 127 Å². The Morgan fingerprint density at radius 3 is 2.04 bits per heavy atom. The highest BCUT2D eigenvalue weighted by atomic mass is 35.5. The number of para-hydroxylation sites is 1. The minimum absolute atomic E-state index is 0.148. The van der Waals surface area contributed by atoms with E-state index in [0.717, 1.165) is 16.7 Å². The van der Waals surface area contributed by atoms with Gasteiger partial charge in [-0.25, -0.2) is 0 Å². The lowest BCUT2D eigenvalue weighted by atomic mass is 9.98. The van der Waals surface area contributed by atoms with Crippen molar-refractivity contribution < 1.29 is 19.2 Å². The predicted molar refractivity (Wildman–Crippen MR) is 177 cm³/mol. The number of nitrogens with zero attached hydrogens (tertiary/aromatic N) is 3. The molecule has 2 amide bonds. The average Bonchev–Trinajstić information content (AvgIpc) is 3.08. The molecule has 1 heterocycles. The monoisotopic (exact) mass is 632 g/mol. The van der Waals surface area contributed by atoms with E-state index in [1.807, 2.05) is 72.8 Å². The molecule has 230 valence electrons. The van der Waals surface area contributed by atoms with Crippen LogP contribution in [0.3, 0.4) is 0 Å². The van der Waals surface area contributed by atoms with Gasteiger partial charge in [-0.1, -0.05) is 96.5 Å². The number of halogens is 1. The molecule has 0 saturated heterocycles. The number of hydrogen-bond donors (Lipinski definition) is 1. The second kappa shape index (κ2) is 13.5. The fourth-order valence-electron chi connectivity index (χ4n) is 5.51. The molecule has 5 aromatic carbocycles. The zero-order chi connectivity index (χ0) is 32.0. The number of carbonyl (C=O) groups excluding carboxylic acids is 2. The quantitative estimate of drug-likeness (QED) is 0.125. The third kappa shape index (κ3) is 6.69. The van der Waals surface area contributed by atoms with E-state index in [4.69, 9.17) is 16.3 Å². The van der Waals surface area contributed by atoms with Crippen LogP contribution in [0.4, 0.5) is 17.1 Å². The minimum atomic E-state index is -0.556. The highest BCUT2D eigenvalue weighted by Crippen LogP contribution is 2.42. The maximum absolute atomic E-state index is 14.2. The molecule has 9 nitrogen and oxygen atoms in total. The lowest BCUT2D eigenvalue weighted by Gasteiger charge is -2.46. The number of non-ortho nitro benzene ring substituents is 1. The number of benzene rings is 5. The van der Waals surface area contributed by atoms with Gasteiger partial charge in [0.1, 0.15) is 11.9 Å². The lowest BCUT2D eigenvalue weighted by Crippen LogP contribution is -2.48. The van der Waals surface area contributed by atoms with Crippen LogP contribution in [0.1, 0.15) is 33.2 Å². The molecule has 1 N–H and O–H groups in total. The van der Waals surface area contributed by atoms with Gasteiger partial charge in [0.15, 0.2) is 6.61 Å². The number of nitro benzene ring substituents is 1. The summed E-state index contributed by atoms with van der Waals surface area (Å²) in [6.07, 6.45) is -0.556. The first kappa shape index (κ1) is 30.4. The molecule has 5 aromatic rings. The molecule has 0 fully saturated rings. The van der Waals surface area contributed by atoms with Gasteiger partial charge < -0.3 is 19.9 Å². The molecular formula is C36H29ClN4O5. The van der Waals surface area contributed by atoms with Gasteiger partial charge in [0.25, 0.3) is 17.5 Å². The minimum Gasteiger partial charge on any atom is -0.484 e. The predicted octanol–water partition coefficient (Wildman–Crippen LogP) is 7.63. The van der Waals surface area contributed by atoms with Crippen LogP contribution in [0.2, 0.25) is 5.02 Å². The van der Waals surface area contributed by atoms with Crippen molar-refractivity contribution in [3.63, 3.8) is 0 Å². The van der Waals surface area contributed by atoms with E-state index in [1.54, 1.807) is 47.4 Å². The Morgan fingerprint density at radius 2 is 1.41 bits per heavy atom. The zero-order valence-corrected chi connectivity index (χ0v) is 25.3. The molecule has 0 bridgehead atoms. The van der Waals surface area contributed by atoms with Crippen molar-refractivity contribution in [1.29, 1.82) is 0 Å². The van der Waals surface area contributed by atoms with Gasteiger partial charge in [-0.3, -0.25) is 19.7 Å². The summed E-state index contributed by atoms with van der Waals surface area (Å²) in [4.78, 5) is 41.7. The number of nitro groups is 1. The maximum atomic E-state index is 14.2. The molecule has 0 aromatic heterocycles. The van der Waals surface area contributed by atoms with Crippen molar-refractivity contribution in [2.75, 3.05) is 16.8 Å². The SMILES string of the molecule is O=C(COc1ccc([C@@H]2N(Cc3ccccc3)C(=O)c3cc([N+](=O)[O-])ccc3N2Cc2ccccc2)cc1)Nc1ccccc1Cl. The topological polar surface area (TPSA) is 105 Å². The van der Waals surface area contributed by atoms with Crippen molar-refractivity contribution >= 4 is 40.5 Å². The summed E-state index contributed by atoms with van der Waals surface area (Å²) in [6, 6.07) is 38.1. The second-order valence-electron chi connectivity index (χ2n) is 10.8. The van der Waals surface area contributed by atoms with Gasteiger partial charge in [0.05, 0.1) is 26.9 Å². The first-order chi connectivity index (χ1) is 22.4. The summed E-state index contributed by atoms with van der Waals surface area (Å²) in [5.41, 5.74) is 3.95. The van der Waals surface area contributed by atoms with E-state index >= 15 is 0 Å². The van der Waals surface area contributed by atoms with E-state index in [9.17, 15) is 19.7 Å². The van der Waals surface area contributed by atoms with Gasteiger partial charge in [0, 0.05) is 25.2 Å². The molecule has 6 rings (SSSR count). The fourth-order valence-corrected chi connectivity index (χ4v) is 5.69. The Bertz CT molecular complexity index is 1870. The third-order valence-electron chi connectivity index (χ3n) is 7.67. The smallest absolute Gasteiger partial charge is 0.270 e. The molecule has 46 heavy (non-hydrogen) atoms. The van der Waals surface area contributed by atoms with E-state index in [-0.39, 0.29) is 36.2 Å². The van der Waals surface area contributed by atoms with Gasteiger partial charge >= 0.3 is 0 Å². The number of carbonyl (C=O) groups is 2. The summed E-state index contributed by atoms with van der Waals surface area (Å²) in [5.74, 6) is -0.197. The van der Waals surface area contributed by atoms with Crippen LogP contribution in [-0.2, 0) is 17.9 Å². The van der Waals surface area contributed by atoms with E-state index < -0.39 is 11.1 Å². The molecule has 1 atom stereocenters. The van der Waals surface area contributed by atoms with E-state index in [1.165, 1.54) is 12.1 Å². The molecule has 0 aliphatic carbocycles. The second-order valence-corrected chi connectivity index (χ2v) is 11.2. The van der Waals surface area contributed by atoms with Crippen LogP contribution >= 0.6 is 11.6 Å². The zero-order valence-electron chi connectivity index (χ0n) is 24.6. The highest BCUT2D eigenvalue weighted by Gasteiger charge is 2.39. The standard InChI is InChI=1S/C36H29ClN4O5/c37-31-13-7-8-14-32(31)38-34(42)24-46-29-18-15-27(16-19-29)35-39(22-25-9-3-1-4-10-25)33-20-17-28(41(44)45)21-30(33)36(43)40(35)23-26-11-5-2-6-12-26/h1-21,35H,22-24H2,(H,38,42)/t35-/m0/s1. The van der Waals surface area contributed by atoms with Crippen LogP contribution in [0.5, 0.6) is 5.75 Å². The molecule has 10 heteroatoms. The molecular weight excluding hydrogens is 604 g/mol. The largest absolute Gasteiger partial charge is 0.484 e. The number of nitrogens with one attached hydrogen (secondary N) is 1. The Hall–Kier alpha value is -5.67. The number of fused-ring (bicyclic) bond motifs is 1. The van der Waals surface area contributed by atoms with Crippen LogP contribution in [0, 0.1) is 10.1 Å². The van der Waals surface area contributed by atoms with Gasteiger partial charge in [0.2, 0.25) is 0 Å². The van der Waals surface area contributed by atoms with Crippen LogP contribution in [0.25, 0.3) is 0 Å². The van der Waals surface area contributed by atoms with Crippen molar-refractivity contribution in [3.05, 3.63) is 165 Å². The fraction of sp³-hybridized carbons (Fsp3) is 0.111. The van der Waals surface area contributed by atoms with E-state index in [0.29, 0.717) is 28.7 Å². The van der Waals surface area contributed by atoms with Crippen LogP contribution in [-0.4, -0.2) is 28.2 Å². The maximum Gasteiger partial charge on any atom is 0.270 e. The summed E-state index contributed by atoms with van der Waals surface area (Å²) in [6.45, 7) is 0.493. The number of anilines is 2. The average molecular weight is 633 g/mol. The van der Waals surface area contributed by atoms with E-state index in [2.05, 4.69) is 10.2 Å². The number of ether oxygens (including phenoxy) is 1. The summed E-state index contributed by atoms with van der Waals surface area (Å²) >= 11 is 6.15. The van der Waals surface area contributed by atoms with Crippen molar-refractivity contribution in [3.8, 4) is 5.75 Å². The Balaban J connectivity index is 1.34. The molecule has 0 saturated carbocycles. The summed E-state index contributed by atoms with van der Waals surface area (Å²) < 4.78 is 5.77.